The van der Waals surface area contributed by atoms with Gasteiger partial charge in [0.05, 0.1) is 18.8 Å². The van der Waals surface area contributed by atoms with Crippen molar-refractivity contribution in [1.82, 2.24) is 0 Å². The van der Waals surface area contributed by atoms with Gasteiger partial charge >= 0.3 is 12.1 Å². The second-order valence-corrected chi connectivity index (χ2v) is 8.24. The van der Waals surface area contributed by atoms with Crippen molar-refractivity contribution >= 4 is 5.97 Å². The van der Waals surface area contributed by atoms with Gasteiger partial charge in [0.25, 0.3) is 0 Å². The van der Waals surface area contributed by atoms with E-state index in [9.17, 15) is 18.0 Å². The van der Waals surface area contributed by atoms with E-state index in [2.05, 4.69) is 4.74 Å². The van der Waals surface area contributed by atoms with E-state index in [0.29, 0.717) is 13.2 Å². The van der Waals surface area contributed by atoms with Crippen molar-refractivity contribution in [2.24, 2.45) is 0 Å². The van der Waals surface area contributed by atoms with Crippen LogP contribution in [0.1, 0.15) is 41.8 Å². The molecular formula is C27H27F3O4. The number of para-hydroxylation sites is 1. The molecule has 7 heteroatoms. The molecule has 0 aromatic heterocycles. The molecule has 3 aromatic rings. The lowest BCUT2D eigenvalue weighted by Gasteiger charge is -2.29. The fraction of sp³-hybridized carbons (Fsp3) is 0.296. The molecule has 0 saturated heterocycles. The molecule has 0 radical (unpaired) electrons. The van der Waals surface area contributed by atoms with Crippen molar-refractivity contribution in [2.45, 2.75) is 38.5 Å². The average Bonchev–Trinajstić information content (AvgIpc) is 2.83. The van der Waals surface area contributed by atoms with E-state index in [-0.39, 0.29) is 11.0 Å². The molecule has 0 N–H and O–H groups in total. The van der Waals surface area contributed by atoms with Crippen molar-refractivity contribution in [3.63, 3.8) is 0 Å². The fourth-order valence-electron chi connectivity index (χ4n) is 3.35. The lowest BCUT2D eigenvalue weighted by molar-refractivity contribution is -0.161. The molecule has 1 atom stereocenters. The van der Waals surface area contributed by atoms with Gasteiger partial charge in [-0.05, 0) is 53.9 Å². The van der Waals surface area contributed by atoms with Crippen LogP contribution in [-0.2, 0) is 21.5 Å². The summed E-state index contributed by atoms with van der Waals surface area (Å²) in [5.41, 5.74) is 1.62. The smallest absolute Gasteiger partial charge is 0.422 e. The SMILES string of the molecule is CCC(C)(COCc1cccc(Oc2ccccc2)c1)c1ccc(C(=O)OCC(F)(F)F)cc1. The first-order chi connectivity index (χ1) is 16.2. The van der Waals surface area contributed by atoms with E-state index in [1.807, 2.05) is 68.4 Å². The van der Waals surface area contributed by atoms with Crippen LogP contribution in [0.15, 0.2) is 78.9 Å². The molecule has 3 rings (SSSR count). The summed E-state index contributed by atoms with van der Waals surface area (Å²) in [5.74, 6) is 0.472. The van der Waals surface area contributed by atoms with Gasteiger partial charge in [-0.1, -0.05) is 56.3 Å². The molecule has 180 valence electrons. The number of alkyl halides is 3. The summed E-state index contributed by atoms with van der Waals surface area (Å²) >= 11 is 0. The van der Waals surface area contributed by atoms with Crippen LogP contribution in [0, 0.1) is 0 Å². The van der Waals surface area contributed by atoms with Gasteiger partial charge < -0.3 is 14.2 Å². The average molecular weight is 473 g/mol. The number of hydrogen-bond acceptors (Lipinski definition) is 4. The van der Waals surface area contributed by atoms with E-state index in [0.717, 1.165) is 29.0 Å². The number of rotatable bonds is 10. The standard InChI is InChI=1S/C27H27F3O4/c1-3-26(2,22-14-12-21(13-15-22)25(31)33-19-27(28,29)30)18-32-17-20-8-7-11-24(16-20)34-23-9-5-4-6-10-23/h4-16H,3,17-19H2,1-2H3. The van der Waals surface area contributed by atoms with Crippen molar-refractivity contribution in [1.29, 1.82) is 0 Å². The number of halogens is 3. The predicted octanol–water partition coefficient (Wildman–Crippen LogP) is 7.08. The van der Waals surface area contributed by atoms with Crippen LogP contribution in [0.25, 0.3) is 0 Å². The van der Waals surface area contributed by atoms with Crippen molar-refractivity contribution in [3.8, 4) is 11.5 Å². The third kappa shape index (κ3) is 7.35. The summed E-state index contributed by atoms with van der Waals surface area (Å²) in [6, 6.07) is 23.6. The number of carbonyl (C=O) groups is 1. The van der Waals surface area contributed by atoms with Crippen LogP contribution in [-0.4, -0.2) is 25.4 Å². The molecule has 0 aliphatic rings. The third-order valence-electron chi connectivity index (χ3n) is 5.53. The predicted molar refractivity (Wildman–Crippen MR) is 123 cm³/mol. The Kier molecular flexibility index (Phi) is 8.34. The quantitative estimate of drug-likeness (QED) is 0.296. The zero-order valence-electron chi connectivity index (χ0n) is 19.1. The Morgan fingerprint density at radius 2 is 1.53 bits per heavy atom. The van der Waals surface area contributed by atoms with Crippen molar-refractivity contribution in [3.05, 3.63) is 95.6 Å². The lowest BCUT2D eigenvalue weighted by atomic mass is 9.80. The number of carbonyl (C=O) groups excluding carboxylic acids is 1. The summed E-state index contributed by atoms with van der Waals surface area (Å²) in [5, 5.41) is 0. The minimum absolute atomic E-state index is 0.0719. The maximum atomic E-state index is 12.3. The monoisotopic (exact) mass is 472 g/mol. The first-order valence-electron chi connectivity index (χ1n) is 10.9. The summed E-state index contributed by atoms with van der Waals surface area (Å²) in [7, 11) is 0. The summed E-state index contributed by atoms with van der Waals surface area (Å²) in [6.07, 6.45) is -3.79. The maximum absolute atomic E-state index is 12.3. The Morgan fingerprint density at radius 3 is 2.18 bits per heavy atom. The minimum Gasteiger partial charge on any atom is -0.457 e. The zero-order valence-corrected chi connectivity index (χ0v) is 19.1. The Morgan fingerprint density at radius 1 is 0.853 bits per heavy atom. The molecule has 0 amide bonds. The van der Waals surface area contributed by atoms with Gasteiger partial charge in [0.2, 0.25) is 0 Å². The zero-order chi connectivity index (χ0) is 24.6. The van der Waals surface area contributed by atoms with Gasteiger partial charge in [-0.15, -0.1) is 0 Å². The molecule has 0 aliphatic heterocycles. The molecule has 34 heavy (non-hydrogen) atoms. The Labute approximate surface area is 197 Å². The Hall–Kier alpha value is -3.32. The van der Waals surface area contributed by atoms with E-state index in [1.54, 1.807) is 12.1 Å². The molecule has 0 spiro atoms. The van der Waals surface area contributed by atoms with Crippen LogP contribution in [0.5, 0.6) is 11.5 Å². The van der Waals surface area contributed by atoms with Gasteiger partial charge in [-0.25, -0.2) is 4.79 Å². The molecule has 0 saturated carbocycles. The van der Waals surface area contributed by atoms with E-state index in [1.165, 1.54) is 12.1 Å². The summed E-state index contributed by atoms with van der Waals surface area (Å²) in [6.45, 7) is 3.28. The van der Waals surface area contributed by atoms with Gasteiger partial charge in [0, 0.05) is 5.41 Å². The highest BCUT2D eigenvalue weighted by atomic mass is 19.4. The first kappa shape index (κ1) is 25.3. The largest absolute Gasteiger partial charge is 0.457 e. The number of esters is 1. The number of ether oxygens (including phenoxy) is 3. The Bertz CT molecular complexity index is 1070. The minimum atomic E-state index is -4.55. The number of benzene rings is 3. The van der Waals surface area contributed by atoms with Crippen molar-refractivity contribution in [2.75, 3.05) is 13.2 Å². The van der Waals surface area contributed by atoms with Crippen LogP contribution >= 0.6 is 0 Å². The lowest BCUT2D eigenvalue weighted by Crippen LogP contribution is -2.27. The topological polar surface area (TPSA) is 44.8 Å². The third-order valence-corrected chi connectivity index (χ3v) is 5.53. The maximum Gasteiger partial charge on any atom is 0.422 e. The van der Waals surface area contributed by atoms with Crippen LogP contribution in [0.4, 0.5) is 13.2 Å². The molecule has 3 aromatic carbocycles. The second kappa shape index (κ2) is 11.2. The highest BCUT2D eigenvalue weighted by molar-refractivity contribution is 5.89. The van der Waals surface area contributed by atoms with E-state index in [4.69, 9.17) is 9.47 Å². The van der Waals surface area contributed by atoms with Gasteiger partial charge in [0.15, 0.2) is 6.61 Å². The molecule has 0 aliphatic carbocycles. The summed E-state index contributed by atoms with van der Waals surface area (Å²) in [4.78, 5) is 11.8. The molecule has 0 fully saturated rings. The second-order valence-electron chi connectivity index (χ2n) is 8.24. The van der Waals surface area contributed by atoms with Gasteiger partial charge in [-0.2, -0.15) is 13.2 Å². The molecular weight excluding hydrogens is 445 g/mol. The van der Waals surface area contributed by atoms with Gasteiger partial charge in [-0.3, -0.25) is 0 Å². The van der Waals surface area contributed by atoms with Crippen LogP contribution < -0.4 is 4.74 Å². The molecule has 4 nitrogen and oxygen atoms in total. The highest BCUT2D eigenvalue weighted by Crippen LogP contribution is 2.29. The van der Waals surface area contributed by atoms with E-state index < -0.39 is 18.8 Å². The van der Waals surface area contributed by atoms with Gasteiger partial charge in [0.1, 0.15) is 11.5 Å². The number of hydrogen-bond donors (Lipinski definition) is 0. The normalized spacial score (nSPS) is 13.2. The molecule has 0 heterocycles. The fourth-order valence-corrected chi connectivity index (χ4v) is 3.35. The first-order valence-corrected chi connectivity index (χ1v) is 10.9. The highest BCUT2D eigenvalue weighted by Gasteiger charge is 2.30. The Balaban J connectivity index is 1.58. The van der Waals surface area contributed by atoms with Crippen LogP contribution in [0.2, 0.25) is 0 Å². The summed E-state index contributed by atoms with van der Waals surface area (Å²) < 4.78 is 53.0. The molecule has 0 bridgehead atoms. The molecule has 1 unspecified atom stereocenters. The van der Waals surface area contributed by atoms with Crippen molar-refractivity contribution < 1.29 is 32.2 Å². The van der Waals surface area contributed by atoms with E-state index >= 15 is 0 Å². The van der Waals surface area contributed by atoms with Crippen LogP contribution in [0.3, 0.4) is 0 Å².